The standard InChI is InChI=1S/C30H37N2O4S2/c1-29(2,3)31-27(33)21-26(38-31)22-11-9-13-24(19-22)35-16-7-8-17-36-25-14-10-12-23(20-25)32(30(4,5)6)28(34)15-18-37-32/h9-15,18-21H,7-8,16-17H2,1-6H3/q+1. The topological polar surface area (TPSA) is 57.5 Å². The Kier molecular flexibility index (Phi) is 8.26. The summed E-state index contributed by atoms with van der Waals surface area (Å²) < 4.78 is 14.0. The minimum absolute atomic E-state index is 0.0205. The van der Waals surface area contributed by atoms with E-state index in [0.717, 1.165) is 40.5 Å². The fourth-order valence-corrected chi connectivity index (χ4v) is 6.51. The second-order valence-corrected chi connectivity index (χ2v) is 13.4. The molecule has 1 amide bonds. The van der Waals surface area contributed by atoms with Crippen LogP contribution >= 0.6 is 23.5 Å². The number of carbonyl (C=O) groups excluding carboxylic acids is 1. The van der Waals surface area contributed by atoms with Gasteiger partial charge in [0.15, 0.2) is 5.69 Å². The number of nitrogens with zero attached hydrogens (tertiary/aromatic N) is 2. The second-order valence-electron chi connectivity index (χ2n) is 11.4. The van der Waals surface area contributed by atoms with Crippen LogP contribution in [0.15, 0.2) is 70.9 Å². The van der Waals surface area contributed by atoms with Crippen LogP contribution in [-0.4, -0.2) is 28.6 Å². The number of amides is 1. The van der Waals surface area contributed by atoms with Crippen LogP contribution in [0.4, 0.5) is 5.69 Å². The van der Waals surface area contributed by atoms with E-state index in [9.17, 15) is 9.59 Å². The Morgan fingerprint density at radius 2 is 1.47 bits per heavy atom. The lowest BCUT2D eigenvalue weighted by Crippen LogP contribution is -2.57. The zero-order valence-corrected chi connectivity index (χ0v) is 24.7. The van der Waals surface area contributed by atoms with Crippen molar-refractivity contribution in [2.45, 2.75) is 65.5 Å². The summed E-state index contributed by atoms with van der Waals surface area (Å²) in [6, 6.07) is 17.4. The van der Waals surface area contributed by atoms with Crippen molar-refractivity contribution >= 4 is 35.1 Å². The summed E-state index contributed by atoms with van der Waals surface area (Å²) in [6.45, 7) is 13.5. The highest BCUT2D eigenvalue weighted by Gasteiger charge is 2.52. The first-order valence-electron chi connectivity index (χ1n) is 12.9. The quantitative estimate of drug-likeness (QED) is 0.157. The molecule has 0 aliphatic carbocycles. The van der Waals surface area contributed by atoms with E-state index < -0.39 is 0 Å². The summed E-state index contributed by atoms with van der Waals surface area (Å²) in [7, 11) is 0. The molecular weight excluding hydrogens is 516 g/mol. The van der Waals surface area contributed by atoms with Gasteiger partial charge in [0.05, 0.1) is 29.7 Å². The SMILES string of the molecule is CC(C)(C)n1sc(-c2cccc(OCCCCOc3cccc([N+]4(C(C)(C)C)SC=CC4=O)c3)c2)cc1=O. The number of hydrogen-bond acceptors (Lipinski definition) is 6. The zero-order valence-electron chi connectivity index (χ0n) is 23.0. The molecule has 1 unspecified atom stereocenters. The van der Waals surface area contributed by atoms with Gasteiger partial charge in [0.2, 0.25) is 0 Å². The number of ether oxygens (including phenoxy) is 2. The molecule has 0 spiro atoms. The Hall–Kier alpha value is -2.81. The van der Waals surface area contributed by atoms with Gasteiger partial charge in [-0.25, -0.2) is 4.79 Å². The third kappa shape index (κ3) is 5.92. The summed E-state index contributed by atoms with van der Waals surface area (Å²) in [5.74, 6) is 1.62. The lowest BCUT2D eigenvalue weighted by atomic mass is 10.0. The molecule has 1 atom stereocenters. The summed E-state index contributed by atoms with van der Waals surface area (Å²) in [5.41, 5.74) is 1.38. The van der Waals surface area contributed by atoms with Crippen LogP contribution < -0.4 is 18.9 Å². The van der Waals surface area contributed by atoms with E-state index in [2.05, 4.69) is 20.8 Å². The molecule has 38 heavy (non-hydrogen) atoms. The number of unbranched alkanes of at least 4 members (excludes halogenated alkanes) is 1. The van der Waals surface area contributed by atoms with Crippen molar-refractivity contribution in [1.82, 2.24) is 7.84 Å². The van der Waals surface area contributed by atoms with E-state index in [0.29, 0.717) is 13.2 Å². The van der Waals surface area contributed by atoms with Gasteiger partial charge in [0.1, 0.15) is 29.0 Å². The molecule has 3 aromatic rings. The van der Waals surface area contributed by atoms with Gasteiger partial charge in [-0.15, -0.1) is 0 Å². The first-order chi connectivity index (χ1) is 17.9. The highest BCUT2D eigenvalue weighted by molar-refractivity contribution is 8.02. The average Bonchev–Trinajstić information content (AvgIpc) is 3.45. The predicted octanol–water partition coefficient (Wildman–Crippen LogP) is 7.38. The molecule has 8 heteroatoms. The molecule has 6 nitrogen and oxygen atoms in total. The maximum Gasteiger partial charge on any atom is 0.356 e. The monoisotopic (exact) mass is 553 g/mol. The van der Waals surface area contributed by atoms with E-state index in [-0.39, 0.29) is 26.4 Å². The molecule has 0 bridgehead atoms. The number of aromatic nitrogens is 1. The van der Waals surface area contributed by atoms with Gasteiger partial charge >= 0.3 is 5.91 Å². The number of carbonyl (C=O) groups is 1. The minimum atomic E-state index is -0.299. The van der Waals surface area contributed by atoms with Crippen molar-refractivity contribution < 1.29 is 14.3 Å². The van der Waals surface area contributed by atoms with Gasteiger partial charge in [-0.2, -0.15) is 3.89 Å². The lowest BCUT2D eigenvalue weighted by Gasteiger charge is -2.39. The highest BCUT2D eigenvalue weighted by atomic mass is 32.2. The highest BCUT2D eigenvalue weighted by Crippen LogP contribution is 2.46. The molecule has 4 rings (SSSR count). The van der Waals surface area contributed by atoms with Crippen LogP contribution in [0.3, 0.4) is 0 Å². The van der Waals surface area contributed by atoms with Crippen molar-refractivity contribution in [2.24, 2.45) is 0 Å². The molecule has 1 aliphatic rings. The Balaban J connectivity index is 1.29. The van der Waals surface area contributed by atoms with E-state index in [1.165, 1.54) is 23.5 Å². The van der Waals surface area contributed by atoms with Crippen LogP contribution in [0.5, 0.6) is 11.5 Å². The van der Waals surface area contributed by atoms with Crippen molar-refractivity contribution in [3.63, 3.8) is 0 Å². The molecule has 1 aliphatic heterocycles. The Labute approximate surface area is 233 Å². The van der Waals surface area contributed by atoms with E-state index in [1.54, 1.807) is 16.1 Å². The van der Waals surface area contributed by atoms with E-state index >= 15 is 0 Å². The minimum Gasteiger partial charge on any atom is -0.494 e. The number of rotatable bonds is 9. The fourth-order valence-electron chi connectivity index (χ4n) is 4.44. The molecule has 2 heterocycles. The molecule has 0 saturated carbocycles. The third-order valence-corrected chi connectivity index (χ3v) is 9.29. The zero-order chi connectivity index (χ0) is 27.6. The second kappa shape index (κ2) is 11.1. The van der Waals surface area contributed by atoms with Crippen LogP contribution in [0.2, 0.25) is 0 Å². The van der Waals surface area contributed by atoms with Gasteiger partial charge in [-0.1, -0.05) is 29.7 Å². The molecular formula is C30H37N2O4S2+. The summed E-state index contributed by atoms with van der Waals surface area (Å²) in [5, 5.41) is 1.88. The summed E-state index contributed by atoms with van der Waals surface area (Å²) in [6.07, 6.45) is 3.34. The first-order valence-corrected chi connectivity index (χ1v) is 14.5. The summed E-state index contributed by atoms with van der Waals surface area (Å²) >= 11 is 3.00. The maximum atomic E-state index is 12.9. The van der Waals surface area contributed by atoms with Crippen LogP contribution in [0.25, 0.3) is 10.4 Å². The molecule has 0 N–H and O–H groups in total. The maximum absolute atomic E-state index is 12.9. The van der Waals surface area contributed by atoms with Crippen molar-refractivity contribution in [3.05, 3.63) is 76.4 Å². The fraction of sp³-hybridized carbons (Fsp3) is 0.400. The van der Waals surface area contributed by atoms with Gasteiger partial charge < -0.3 is 9.47 Å². The molecule has 2 aromatic carbocycles. The lowest BCUT2D eigenvalue weighted by molar-refractivity contribution is -0.123. The molecule has 0 radical (unpaired) electrons. The first kappa shape index (κ1) is 28.2. The van der Waals surface area contributed by atoms with Crippen molar-refractivity contribution in [2.75, 3.05) is 13.2 Å². The van der Waals surface area contributed by atoms with Gasteiger partial charge in [-0.05, 0) is 78.1 Å². The number of quaternary nitrogens is 1. The smallest absolute Gasteiger partial charge is 0.356 e. The third-order valence-electron chi connectivity index (χ3n) is 6.31. The van der Waals surface area contributed by atoms with Gasteiger partial charge in [0.25, 0.3) is 5.56 Å². The van der Waals surface area contributed by atoms with Crippen LogP contribution in [0.1, 0.15) is 54.4 Å². The molecule has 0 fully saturated rings. The largest absolute Gasteiger partial charge is 0.494 e. The summed E-state index contributed by atoms with van der Waals surface area (Å²) in [4.78, 5) is 26.2. The molecule has 1 aromatic heterocycles. The normalized spacial score (nSPS) is 17.7. The number of hydrogen-bond donors (Lipinski definition) is 0. The Morgan fingerprint density at radius 1 is 0.842 bits per heavy atom. The van der Waals surface area contributed by atoms with Gasteiger partial charge in [-0.3, -0.25) is 8.75 Å². The average molecular weight is 554 g/mol. The van der Waals surface area contributed by atoms with E-state index in [4.69, 9.17) is 9.47 Å². The molecule has 0 saturated heterocycles. The predicted molar refractivity (Wildman–Crippen MR) is 159 cm³/mol. The van der Waals surface area contributed by atoms with Gasteiger partial charge in [0, 0.05) is 23.6 Å². The Morgan fingerprint density at radius 3 is 2.03 bits per heavy atom. The van der Waals surface area contributed by atoms with Crippen molar-refractivity contribution in [3.8, 4) is 21.9 Å². The molecule has 202 valence electrons. The number of benzene rings is 2. The Bertz CT molecular complexity index is 1380. The van der Waals surface area contributed by atoms with Crippen molar-refractivity contribution in [1.29, 1.82) is 0 Å². The van der Waals surface area contributed by atoms with Crippen LogP contribution in [0, 0.1) is 0 Å². The van der Waals surface area contributed by atoms with E-state index in [1.807, 2.05) is 74.7 Å². The van der Waals surface area contributed by atoms with Crippen LogP contribution in [-0.2, 0) is 10.3 Å².